The number of hydrogen-bond donors (Lipinski definition) is 3. The molecule has 0 bridgehead atoms. The van der Waals surface area contributed by atoms with E-state index in [9.17, 15) is 31.5 Å². The van der Waals surface area contributed by atoms with Crippen molar-refractivity contribution >= 4 is 43.2 Å². The SMILES string of the molecule is CCCCCCCN(c1ccccc1CCc1ccc(C(=O)O)cc1)S(=O)(=O)c1ccc(C(C)(C)CC)cc1.N#Cc1ccccc1S(=O)(=O)CCCCCCCNc1ccccc1CCc1ccc(C(=O)O)cc1. The maximum Gasteiger partial charge on any atom is 0.335 e. The van der Waals surface area contributed by atoms with Gasteiger partial charge in [0.1, 0.15) is 6.07 Å². The van der Waals surface area contributed by atoms with E-state index in [1.54, 1.807) is 52.8 Å². The number of sulfone groups is 1. The fraction of sp³-hybridized carbons (Fsp3) is 0.371. The summed E-state index contributed by atoms with van der Waals surface area (Å²) in [5.41, 5.74) is 8.00. The average molecular weight is 1050 g/mol. The number of nitrogens with one attached hydrogen (secondary N) is 1. The maximum atomic E-state index is 14.1. The number of aromatic carboxylic acids is 2. The van der Waals surface area contributed by atoms with Crippen LogP contribution < -0.4 is 9.62 Å². The van der Waals surface area contributed by atoms with E-state index in [-0.39, 0.29) is 27.2 Å². The quantitative estimate of drug-likeness (QED) is 0.0382. The zero-order valence-electron chi connectivity index (χ0n) is 44.1. The van der Waals surface area contributed by atoms with Crippen LogP contribution in [-0.2, 0) is 51.0 Å². The minimum absolute atomic E-state index is 0.0173. The maximum absolute atomic E-state index is 14.1. The normalized spacial score (nSPS) is 11.5. The number of nitriles is 1. The van der Waals surface area contributed by atoms with Crippen LogP contribution in [0, 0.1) is 11.3 Å². The second-order valence-electron chi connectivity index (χ2n) is 19.7. The van der Waals surface area contributed by atoms with Gasteiger partial charge in [-0.1, -0.05) is 158 Å². The van der Waals surface area contributed by atoms with E-state index in [1.807, 2.05) is 78.9 Å². The molecular weight excluding hydrogens is 979 g/mol. The van der Waals surface area contributed by atoms with Crippen LogP contribution in [-0.4, -0.2) is 57.8 Å². The van der Waals surface area contributed by atoms with Crippen molar-refractivity contribution in [1.29, 1.82) is 5.26 Å². The summed E-state index contributed by atoms with van der Waals surface area (Å²) in [6.07, 6.45) is 13.6. The summed E-state index contributed by atoms with van der Waals surface area (Å²) in [5, 5.41) is 30.9. The van der Waals surface area contributed by atoms with E-state index >= 15 is 0 Å². The van der Waals surface area contributed by atoms with Crippen LogP contribution in [0.15, 0.2) is 155 Å². The van der Waals surface area contributed by atoms with E-state index in [0.717, 1.165) is 112 Å². The molecule has 75 heavy (non-hydrogen) atoms. The Hall–Kier alpha value is -6.75. The van der Waals surface area contributed by atoms with E-state index in [2.05, 4.69) is 45.1 Å². The number of benzene rings is 6. The van der Waals surface area contributed by atoms with Gasteiger partial charge in [0.05, 0.1) is 37.9 Å². The predicted molar refractivity (Wildman–Crippen MR) is 302 cm³/mol. The van der Waals surface area contributed by atoms with Gasteiger partial charge in [-0.25, -0.2) is 26.4 Å². The number of carboxylic acid groups (broad SMARTS) is 2. The molecule has 11 nitrogen and oxygen atoms in total. The number of para-hydroxylation sites is 2. The molecule has 6 aromatic carbocycles. The highest BCUT2D eigenvalue weighted by Gasteiger charge is 2.28. The second kappa shape index (κ2) is 29.4. The molecule has 13 heteroatoms. The lowest BCUT2D eigenvalue weighted by molar-refractivity contribution is 0.0686. The summed E-state index contributed by atoms with van der Waals surface area (Å²) >= 11 is 0. The summed E-state index contributed by atoms with van der Waals surface area (Å²) < 4.78 is 54.8. The summed E-state index contributed by atoms with van der Waals surface area (Å²) in [5.74, 6) is -1.79. The van der Waals surface area contributed by atoms with Crippen LogP contribution in [0.2, 0.25) is 0 Å². The van der Waals surface area contributed by atoms with Crippen LogP contribution in [0.5, 0.6) is 0 Å². The Morgan fingerprint density at radius 2 is 1.11 bits per heavy atom. The number of anilines is 2. The van der Waals surface area contributed by atoms with Gasteiger partial charge < -0.3 is 15.5 Å². The molecule has 6 aromatic rings. The molecule has 3 N–H and O–H groups in total. The Kier molecular flexibility index (Phi) is 23.2. The molecule has 6 rings (SSSR count). The third kappa shape index (κ3) is 18.0. The standard InChI is InChI=1S/C33H43NO4S.C29H32N2O4S/c1-5-7-8-9-12-25-34(39(37,38)30-23-21-29(22-24-30)33(3,4)6-2)31-14-11-10-13-27(31)18-15-26-16-19-28(20-17-26)32(35)36;30-22-26-11-5-7-13-28(26)36(34,35)21-9-3-1-2-8-20-31-27-12-6-4-10-24(27)17-14-23-15-18-25(19-16-23)29(32)33/h10-11,13-14,16-17,19-24H,5-9,12,15,18,25H2,1-4H3,(H,35,36);4-7,10-13,15-16,18-19,31H,1-3,8-9,14,17,20-21H2,(H,32,33). The average Bonchev–Trinajstić information content (AvgIpc) is 3.42. The predicted octanol–water partition coefficient (Wildman–Crippen LogP) is 13.9. The van der Waals surface area contributed by atoms with Crippen LogP contribution in [0.4, 0.5) is 11.4 Å². The zero-order valence-corrected chi connectivity index (χ0v) is 45.8. The van der Waals surface area contributed by atoms with Crippen LogP contribution in [0.3, 0.4) is 0 Å². The van der Waals surface area contributed by atoms with Crippen molar-refractivity contribution in [1.82, 2.24) is 0 Å². The molecule has 0 aliphatic heterocycles. The highest BCUT2D eigenvalue weighted by molar-refractivity contribution is 7.93. The lowest BCUT2D eigenvalue weighted by atomic mass is 9.82. The first-order chi connectivity index (χ1) is 36.0. The molecule has 0 fully saturated rings. The smallest absolute Gasteiger partial charge is 0.335 e. The molecule has 0 saturated carbocycles. The number of sulfonamides is 1. The van der Waals surface area contributed by atoms with Crippen molar-refractivity contribution in [3.63, 3.8) is 0 Å². The first-order valence-corrected chi connectivity index (χ1v) is 29.5. The molecular formula is C62H75N3O8S2. The monoisotopic (exact) mass is 1050 g/mol. The Balaban J connectivity index is 0.000000278. The summed E-state index contributed by atoms with van der Waals surface area (Å²) in [7, 11) is -7.20. The number of carboxylic acids is 2. The van der Waals surface area contributed by atoms with Gasteiger partial charge in [-0.2, -0.15) is 5.26 Å². The van der Waals surface area contributed by atoms with E-state index in [0.29, 0.717) is 42.0 Å². The summed E-state index contributed by atoms with van der Waals surface area (Å²) in [6, 6.07) is 45.6. The highest BCUT2D eigenvalue weighted by atomic mass is 32.2. The zero-order chi connectivity index (χ0) is 54.3. The first-order valence-electron chi connectivity index (χ1n) is 26.4. The molecule has 398 valence electrons. The Morgan fingerprint density at radius 3 is 1.71 bits per heavy atom. The fourth-order valence-electron chi connectivity index (χ4n) is 8.81. The minimum Gasteiger partial charge on any atom is -0.478 e. The van der Waals surface area contributed by atoms with Gasteiger partial charge in [0.15, 0.2) is 9.84 Å². The minimum atomic E-state index is -3.77. The van der Waals surface area contributed by atoms with Crippen molar-refractivity contribution in [3.8, 4) is 6.07 Å². The number of nitrogens with zero attached hydrogens (tertiary/aromatic N) is 2. The van der Waals surface area contributed by atoms with Crippen LogP contribution in [0.25, 0.3) is 0 Å². The van der Waals surface area contributed by atoms with Crippen molar-refractivity contribution in [2.75, 3.05) is 28.5 Å². The van der Waals surface area contributed by atoms with E-state index in [4.69, 9.17) is 10.4 Å². The molecule has 0 spiro atoms. The number of hydrogen-bond acceptors (Lipinski definition) is 8. The van der Waals surface area contributed by atoms with Crippen molar-refractivity contribution < 1.29 is 36.6 Å². The van der Waals surface area contributed by atoms with Crippen LogP contribution >= 0.6 is 0 Å². The van der Waals surface area contributed by atoms with Crippen molar-refractivity contribution in [2.45, 2.75) is 139 Å². The van der Waals surface area contributed by atoms with E-state index in [1.165, 1.54) is 17.7 Å². The summed E-state index contributed by atoms with van der Waals surface area (Å²) in [6.45, 7) is 9.93. The van der Waals surface area contributed by atoms with E-state index < -0.39 is 31.8 Å². The molecule has 0 heterocycles. The number of aryl methyl sites for hydroxylation is 4. The van der Waals surface area contributed by atoms with Crippen LogP contribution in [0.1, 0.15) is 152 Å². The largest absolute Gasteiger partial charge is 0.478 e. The number of rotatable bonds is 29. The highest BCUT2D eigenvalue weighted by Crippen LogP contribution is 2.32. The molecule has 0 unspecified atom stereocenters. The molecule has 0 aliphatic carbocycles. The number of unbranched alkanes of at least 4 members (excludes halogenated alkanes) is 8. The lowest BCUT2D eigenvalue weighted by Gasteiger charge is -2.28. The topological polar surface area (TPSA) is 182 Å². The third-order valence-corrected chi connectivity index (χ3v) is 17.5. The van der Waals surface area contributed by atoms with Gasteiger partial charge in [-0.05, 0) is 145 Å². The molecule has 0 amide bonds. The van der Waals surface area contributed by atoms with Gasteiger partial charge in [0.2, 0.25) is 0 Å². The third-order valence-electron chi connectivity index (χ3n) is 13.9. The van der Waals surface area contributed by atoms with Gasteiger partial charge in [-0.3, -0.25) is 4.31 Å². The fourth-order valence-corrected chi connectivity index (χ4v) is 11.9. The lowest BCUT2D eigenvalue weighted by Crippen LogP contribution is -2.33. The summed E-state index contributed by atoms with van der Waals surface area (Å²) in [4.78, 5) is 22.6. The first kappa shape index (κ1) is 59.1. The molecule has 0 saturated heterocycles. The number of carbonyl (C=O) groups is 2. The molecule has 0 atom stereocenters. The Labute approximate surface area is 446 Å². The second-order valence-corrected chi connectivity index (χ2v) is 23.6. The Bertz CT molecular complexity index is 3020. The van der Waals surface area contributed by atoms with Gasteiger partial charge in [0.25, 0.3) is 10.0 Å². The van der Waals surface area contributed by atoms with Crippen molar-refractivity contribution in [2.24, 2.45) is 0 Å². The van der Waals surface area contributed by atoms with Gasteiger partial charge in [0, 0.05) is 18.8 Å². The molecule has 0 radical (unpaired) electrons. The Morgan fingerprint density at radius 1 is 0.587 bits per heavy atom. The van der Waals surface area contributed by atoms with Gasteiger partial charge in [-0.15, -0.1) is 0 Å². The van der Waals surface area contributed by atoms with Crippen molar-refractivity contribution in [3.05, 3.63) is 190 Å². The molecule has 0 aromatic heterocycles. The van der Waals surface area contributed by atoms with Gasteiger partial charge >= 0.3 is 11.9 Å². The molecule has 0 aliphatic rings.